The predicted octanol–water partition coefficient (Wildman–Crippen LogP) is 0.261. The number of amidine groups is 2. The van der Waals surface area contributed by atoms with Crippen molar-refractivity contribution in [1.82, 2.24) is 4.98 Å². The first kappa shape index (κ1) is 12.0. The molecule has 0 aliphatic rings. The van der Waals surface area contributed by atoms with E-state index in [1.807, 2.05) is 30.3 Å². The summed E-state index contributed by atoms with van der Waals surface area (Å²) in [6, 6.07) is 10.9. The molecule has 0 radical (unpaired) electrons. The molecule has 2 rings (SSSR count). The molecular formula is C12H14N6. The Hall–Kier alpha value is -2.47. The Kier molecular flexibility index (Phi) is 2.72. The summed E-state index contributed by atoms with van der Waals surface area (Å²) in [5.41, 5.74) is 16.2. The summed E-state index contributed by atoms with van der Waals surface area (Å²) in [4.78, 5) is 4.32. The van der Waals surface area contributed by atoms with Crippen molar-refractivity contribution in [3.63, 3.8) is 0 Å². The molecule has 0 unspecified atom stereocenters. The second kappa shape index (κ2) is 4.08. The fraction of sp³-hybridized carbons (Fsp3) is 0.0833. The maximum atomic E-state index is 7.52. The van der Waals surface area contributed by atoms with Crippen molar-refractivity contribution in [2.45, 2.75) is 5.54 Å². The minimum Gasteiger partial charge on any atom is -0.385 e. The Morgan fingerprint density at radius 1 is 1.00 bits per heavy atom. The van der Waals surface area contributed by atoms with E-state index in [-0.39, 0.29) is 0 Å². The summed E-state index contributed by atoms with van der Waals surface area (Å²) in [6.45, 7) is 0. The van der Waals surface area contributed by atoms with Crippen molar-refractivity contribution in [3.8, 4) is 0 Å². The third-order valence-electron chi connectivity index (χ3n) is 2.85. The quantitative estimate of drug-likeness (QED) is 0.389. The number of nitrogens with one attached hydrogen (secondary N) is 2. The lowest BCUT2D eigenvalue weighted by molar-refractivity contribution is 0.751. The van der Waals surface area contributed by atoms with Gasteiger partial charge in [-0.1, -0.05) is 24.3 Å². The lowest BCUT2D eigenvalue weighted by atomic mass is 9.92. The summed E-state index contributed by atoms with van der Waals surface area (Å²) >= 11 is 0. The number of fused-ring (bicyclic) bond motifs is 1. The van der Waals surface area contributed by atoms with Gasteiger partial charge in [0.1, 0.15) is 11.7 Å². The minimum absolute atomic E-state index is 0.293. The molecule has 1 aromatic heterocycles. The lowest BCUT2D eigenvalue weighted by Crippen LogP contribution is -2.58. The van der Waals surface area contributed by atoms with Gasteiger partial charge in [0.05, 0.1) is 11.2 Å². The van der Waals surface area contributed by atoms with Gasteiger partial charge in [0.15, 0.2) is 5.54 Å². The van der Waals surface area contributed by atoms with E-state index in [4.69, 9.17) is 28.0 Å². The third-order valence-corrected chi connectivity index (χ3v) is 2.85. The van der Waals surface area contributed by atoms with Gasteiger partial charge < -0.3 is 17.2 Å². The molecule has 0 fully saturated rings. The van der Waals surface area contributed by atoms with Crippen LogP contribution >= 0.6 is 0 Å². The van der Waals surface area contributed by atoms with E-state index in [0.717, 1.165) is 5.39 Å². The van der Waals surface area contributed by atoms with E-state index >= 15 is 0 Å². The number of nitrogens with two attached hydrogens (primary N) is 3. The molecule has 92 valence electrons. The second-order valence-corrected chi connectivity index (χ2v) is 4.02. The fourth-order valence-corrected chi connectivity index (χ4v) is 1.71. The zero-order chi connectivity index (χ0) is 13.3. The number of nitrogens with zero attached hydrogens (tertiary/aromatic N) is 1. The van der Waals surface area contributed by atoms with Crippen LogP contribution < -0.4 is 17.2 Å². The van der Waals surface area contributed by atoms with Gasteiger partial charge >= 0.3 is 0 Å². The van der Waals surface area contributed by atoms with Gasteiger partial charge in [-0.2, -0.15) is 0 Å². The Morgan fingerprint density at radius 3 is 2.22 bits per heavy atom. The van der Waals surface area contributed by atoms with Gasteiger partial charge in [0.25, 0.3) is 0 Å². The van der Waals surface area contributed by atoms with Crippen molar-refractivity contribution >= 4 is 22.6 Å². The van der Waals surface area contributed by atoms with Crippen molar-refractivity contribution in [3.05, 3.63) is 42.1 Å². The molecule has 0 atom stereocenters. The summed E-state index contributed by atoms with van der Waals surface area (Å²) < 4.78 is 0. The van der Waals surface area contributed by atoms with Gasteiger partial charge in [0.2, 0.25) is 0 Å². The van der Waals surface area contributed by atoms with Crippen LogP contribution in [0.3, 0.4) is 0 Å². The Bertz CT molecular complexity index is 619. The number of pyridine rings is 1. The number of para-hydroxylation sites is 1. The molecule has 0 saturated carbocycles. The van der Waals surface area contributed by atoms with Crippen LogP contribution in [0, 0.1) is 10.8 Å². The maximum absolute atomic E-state index is 7.52. The first-order chi connectivity index (χ1) is 8.46. The predicted molar refractivity (Wildman–Crippen MR) is 71.4 cm³/mol. The van der Waals surface area contributed by atoms with Crippen molar-refractivity contribution in [2.75, 3.05) is 0 Å². The largest absolute Gasteiger partial charge is 0.385 e. The van der Waals surface area contributed by atoms with Crippen molar-refractivity contribution in [1.29, 1.82) is 10.8 Å². The molecule has 18 heavy (non-hydrogen) atoms. The Morgan fingerprint density at radius 2 is 1.61 bits per heavy atom. The van der Waals surface area contributed by atoms with Crippen LogP contribution in [0.2, 0.25) is 0 Å². The fourth-order valence-electron chi connectivity index (χ4n) is 1.71. The molecule has 0 aliphatic heterocycles. The van der Waals surface area contributed by atoms with Crippen LogP contribution in [-0.4, -0.2) is 16.7 Å². The maximum Gasteiger partial charge on any atom is 0.173 e. The van der Waals surface area contributed by atoms with Gasteiger partial charge in [-0.25, -0.2) is 4.98 Å². The van der Waals surface area contributed by atoms with Crippen LogP contribution in [0.15, 0.2) is 36.4 Å². The molecule has 0 spiro atoms. The van der Waals surface area contributed by atoms with Gasteiger partial charge in [-0.3, -0.25) is 10.8 Å². The average molecular weight is 242 g/mol. The minimum atomic E-state index is -1.65. The molecule has 0 bridgehead atoms. The summed E-state index contributed by atoms with van der Waals surface area (Å²) in [5.74, 6) is -0.810. The van der Waals surface area contributed by atoms with E-state index in [1.54, 1.807) is 6.07 Å². The van der Waals surface area contributed by atoms with E-state index in [2.05, 4.69) is 4.98 Å². The summed E-state index contributed by atoms with van der Waals surface area (Å²) in [5, 5.41) is 16.0. The highest BCUT2D eigenvalue weighted by atomic mass is 15.0. The van der Waals surface area contributed by atoms with Crippen LogP contribution in [-0.2, 0) is 5.54 Å². The summed E-state index contributed by atoms with van der Waals surface area (Å²) in [7, 11) is 0. The van der Waals surface area contributed by atoms with Crippen LogP contribution in [0.4, 0.5) is 0 Å². The SMILES string of the molecule is N=C(N)C(N)(C(=N)N)c1ccc2ccccc2n1. The third kappa shape index (κ3) is 1.68. The van der Waals surface area contributed by atoms with E-state index in [0.29, 0.717) is 11.2 Å². The first-order valence-corrected chi connectivity index (χ1v) is 5.30. The van der Waals surface area contributed by atoms with Gasteiger partial charge in [-0.05, 0) is 12.1 Å². The first-order valence-electron chi connectivity index (χ1n) is 5.30. The number of aromatic nitrogens is 1. The van der Waals surface area contributed by atoms with Crippen LogP contribution in [0.25, 0.3) is 10.9 Å². The molecule has 1 heterocycles. The molecule has 6 nitrogen and oxygen atoms in total. The van der Waals surface area contributed by atoms with E-state index in [9.17, 15) is 0 Å². The van der Waals surface area contributed by atoms with Gasteiger partial charge in [-0.15, -0.1) is 0 Å². The number of rotatable bonds is 3. The summed E-state index contributed by atoms with van der Waals surface area (Å²) in [6.07, 6.45) is 0. The smallest absolute Gasteiger partial charge is 0.173 e. The lowest BCUT2D eigenvalue weighted by Gasteiger charge is -2.26. The molecule has 1 aromatic carbocycles. The zero-order valence-electron chi connectivity index (χ0n) is 9.64. The Balaban J connectivity index is 2.66. The van der Waals surface area contributed by atoms with Crippen LogP contribution in [0.1, 0.15) is 5.69 Å². The zero-order valence-corrected chi connectivity index (χ0v) is 9.64. The highest BCUT2D eigenvalue weighted by Gasteiger charge is 2.36. The van der Waals surface area contributed by atoms with Crippen molar-refractivity contribution < 1.29 is 0 Å². The van der Waals surface area contributed by atoms with Gasteiger partial charge in [0, 0.05) is 5.39 Å². The molecule has 6 heteroatoms. The number of hydrogen-bond acceptors (Lipinski definition) is 4. The standard InChI is InChI=1S/C12H14N6/c13-10(14)12(17,11(15)16)9-6-5-7-3-1-2-4-8(7)18-9/h1-6H,17H2,(H3,13,14)(H3,15,16). The van der Waals surface area contributed by atoms with Crippen LogP contribution in [0.5, 0.6) is 0 Å². The molecule has 0 amide bonds. The van der Waals surface area contributed by atoms with E-state index in [1.165, 1.54) is 0 Å². The molecule has 8 N–H and O–H groups in total. The monoisotopic (exact) mass is 242 g/mol. The Labute approximate surface area is 104 Å². The molecular weight excluding hydrogens is 228 g/mol. The molecule has 2 aromatic rings. The topological polar surface area (TPSA) is 139 Å². The molecule has 0 saturated heterocycles. The normalized spacial score (nSPS) is 14.1. The highest BCUT2D eigenvalue weighted by Crippen LogP contribution is 2.20. The van der Waals surface area contributed by atoms with E-state index < -0.39 is 17.2 Å². The number of benzene rings is 1. The highest BCUT2D eigenvalue weighted by molar-refractivity contribution is 6.11. The second-order valence-electron chi connectivity index (χ2n) is 4.02. The molecule has 0 aliphatic carbocycles. The van der Waals surface area contributed by atoms with Crippen molar-refractivity contribution in [2.24, 2.45) is 17.2 Å². The average Bonchev–Trinajstić information content (AvgIpc) is 2.36. The number of hydrogen-bond donors (Lipinski definition) is 5.